The van der Waals surface area contributed by atoms with E-state index in [4.69, 9.17) is 4.55 Å². The van der Waals surface area contributed by atoms with Crippen LogP contribution in [-0.4, -0.2) is 61.2 Å². The molecule has 0 amide bonds. The SMILES string of the molecule is O=S(=O)(O)CCCN1CCN(Cc2ccccc2)CC1. The zero-order valence-corrected chi connectivity index (χ0v) is 12.4. The molecule has 1 N–H and O–H groups in total. The lowest BCUT2D eigenvalue weighted by atomic mass is 10.2. The van der Waals surface area contributed by atoms with E-state index in [0.29, 0.717) is 6.42 Å². The summed E-state index contributed by atoms with van der Waals surface area (Å²) in [5.41, 5.74) is 1.33. The number of nitrogens with zero attached hydrogens (tertiary/aromatic N) is 2. The number of rotatable bonds is 6. The Morgan fingerprint density at radius 3 is 2.20 bits per heavy atom. The lowest BCUT2D eigenvalue weighted by Crippen LogP contribution is -2.46. The molecule has 0 atom stereocenters. The van der Waals surface area contributed by atoms with Crippen LogP contribution in [0, 0.1) is 0 Å². The lowest BCUT2D eigenvalue weighted by Gasteiger charge is -2.34. The quantitative estimate of drug-likeness (QED) is 0.796. The van der Waals surface area contributed by atoms with Crippen LogP contribution in [0.15, 0.2) is 30.3 Å². The normalized spacial score (nSPS) is 18.2. The maximum Gasteiger partial charge on any atom is 0.264 e. The van der Waals surface area contributed by atoms with Gasteiger partial charge in [0.25, 0.3) is 10.1 Å². The lowest BCUT2D eigenvalue weighted by molar-refractivity contribution is 0.127. The van der Waals surface area contributed by atoms with E-state index >= 15 is 0 Å². The summed E-state index contributed by atoms with van der Waals surface area (Å²) in [7, 11) is -3.81. The minimum atomic E-state index is -3.81. The highest BCUT2D eigenvalue weighted by Crippen LogP contribution is 2.08. The van der Waals surface area contributed by atoms with Crippen LogP contribution >= 0.6 is 0 Å². The highest BCUT2D eigenvalue weighted by Gasteiger charge is 2.17. The van der Waals surface area contributed by atoms with Gasteiger partial charge in [0.05, 0.1) is 5.75 Å². The molecule has 1 fully saturated rings. The Balaban J connectivity index is 1.67. The molecule has 2 rings (SSSR count). The molecule has 1 aliphatic heterocycles. The Hall–Kier alpha value is -0.950. The number of benzene rings is 1. The minimum absolute atomic E-state index is 0.142. The van der Waals surface area contributed by atoms with Crippen molar-refractivity contribution in [2.24, 2.45) is 0 Å². The average Bonchev–Trinajstić information content (AvgIpc) is 2.41. The maximum atomic E-state index is 10.7. The summed E-state index contributed by atoms with van der Waals surface area (Å²) in [6.07, 6.45) is 0.498. The fourth-order valence-electron chi connectivity index (χ4n) is 2.48. The Labute approximate surface area is 120 Å². The first-order chi connectivity index (χ1) is 9.53. The molecule has 0 saturated carbocycles. The third-order valence-corrected chi connectivity index (χ3v) is 4.40. The summed E-state index contributed by atoms with van der Waals surface area (Å²) < 4.78 is 30.0. The van der Waals surface area contributed by atoms with E-state index in [0.717, 1.165) is 39.3 Å². The summed E-state index contributed by atoms with van der Waals surface area (Å²) in [6, 6.07) is 10.4. The van der Waals surface area contributed by atoms with Crippen molar-refractivity contribution in [1.29, 1.82) is 0 Å². The van der Waals surface area contributed by atoms with Crippen molar-refractivity contribution in [2.45, 2.75) is 13.0 Å². The third kappa shape index (κ3) is 5.58. The van der Waals surface area contributed by atoms with Crippen molar-refractivity contribution in [3.63, 3.8) is 0 Å². The van der Waals surface area contributed by atoms with Crippen LogP contribution in [0.5, 0.6) is 0 Å². The van der Waals surface area contributed by atoms with E-state index < -0.39 is 10.1 Å². The molecule has 0 aromatic heterocycles. The zero-order chi connectivity index (χ0) is 14.4. The van der Waals surface area contributed by atoms with E-state index in [1.54, 1.807) is 0 Å². The predicted molar refractivity (Wildman–Crippen MR) is 79.2 cm³/mol. The second-order valence-corrected chi connectivity index (χ2v) is 6.82. The molecule has 1 saturated heterocycles. The van der Waals surface area contributed by atoms with E-state index in [2.05, 4.69) is 34.1 Å². The highest BCUT2D eigenvalue weighted by molar-refractivity contribution is 7.85. The topological polar surface area (TPSA) is 60.9 Å². The molecule has 6 heteroatoms. The molecule has 0 aliphatic carbocycles. The summed E-state index contributed by atoms with van der Waals surface area (Å²) >= 11 is 0. The van der Waals surface area contributed by atoms with Gasteiger partial charge in [0.2, 0.25) is 0 Å². The molecule has 1 aromatic carbocycles. The van der Waals surface area contributed by atoms with Crippen molar-refractivity contribution < 1.29 is 13.0 Å². The summed E-state index contributed by atoms with van der Waals surface area (Å²) in [6.45, 7) is 5.62. The first kappa shape index (κ1) is 15.4. The van der Waals surface area contributed by atoms with Gasteiger partial charge in [0.15, 0.2) is 0 Å². The molecule has 0 bridgehead atoms. The average molecular weight is 298 g/mol. The largest absolute Gasteiger partial charge is 0.301 e. The second kappa shape index (κ2) is 7.17. The number of piperazine rings is 1. The molecule has 0 spiro atoms. The van der Waals surface area contributed by atoms with Gasteiger partial charge < -0.3 is 4.90 Å². The molecule has 1 aromatic rings. The number of hydrogen-bond donors (Lipinski definition) is 1. The molecule has 5 nitrogen and oxygen atoms in total. The van der Waals surface area contributed by atoms with Crippen molar-refractivity contribution in [3.05, 3.63) is 35.9 Å². The molecule has 0 radical (unpaired) electrons. The van der Waals surface area contributed by atoms with Crippen LogP contribution in [0.3, 0.4) is 0 Å². The first-order valence-electron chi connectivity index (χ1n) is 6.97. The number of hydrogen-bond acceptors (Lipinski definition) is 4. The molecule has 20 heavy (non-hydrogen) atoms. The second-order valence-electron chi connectivity index (χ2n) is 5.24. The predicted octanol–water partition coefficient (Wildman–Crippen LogP) is 1.08. The van der Waals surface area contributed by atoms with E-state index in [-0.39, 0.29) is 5.75 Å². The van der Waals surface area contributed by atoms with Crippen molar-refractivity contribution >= 4 is 10.1 Å². The molecule has 0 unspecified atom stereocenters. The minimum Gasteiger partial charge on any atom is -0.301 e. The molecular formula is C14H22N2O3S. The first-order valence-corrected chi connectivity index (χ1v) is 8.58. The summed E-state index contributed by atoms with van der Waals surface area (Å²) in [5.74, 6) is -0.142. The molecule has 112 valence electrons. The fraction of sp³-hybridized carbons (Fsp3) is 0.571. The molecular weight excluding hydrogens is 276 g/mol. The van der Waals surface area contributed by atoms with Crippen LogP contribution in [0.2, 0.25) is 0 Å². The van der Waals surface area contributed by atoms with E-state index in [1.807, 2.05) is 6.07 Å². The third-order valence-electron chi connectivity index (χ3n) is 3.59. The van der Waals surface area contributed by atoms with Crippen LogP contribution in [0.1, 0.15) is 12.0 Å². The maximum absolute atomic E-state index is 10.7. The Morgan fingerprint density at radius 1 is 1.00 bits per heavy atom. The molecule has 1 aliphatic rings. The summed E-state index contributed by atoms with van der Waals surface area (Å²) in [5, 5.41) is 0. The van der Waals surface area contributed by atoms with Crippen molar-refractivity contribution in [2.75, 3.05) is 38.5 Å². The van der Waals surface area contributed by atoms with Crippen LogP contribution < -0.4 is 0 Å². The Morgan fingerprint density at radius 2 is 1.60 bits per heavy atom. The van der Waals surface area contributed by atoms with Gasteiger partial charge in [-0.3, -0.25) is 9.45 Å². The van der Waals surface area contributed by atoms with Gasteiger partial charge in [-0.1, -0.05) is 30.3 Å². The van der Waals surface area contributed by atoms with Gasteiger partial charge in [-0.25, -0.2) is 0 Å². The van der Waals surface area contributed by atoms with Crippen LogP contribution in [0.25, 0.3) is 0 Å². The van der Waals surface area contributed by atoms with Gasteiger partial charge >= 0.3 is 0 Å². The van der Waals surface area contributed by atoms with Gasteiger partial charge in [-0.05, 0) is 18.5 Å². The van der Waals surface area contributed by atoms with Gasteiger partial charge in [0, 0.05) is 32.7 Å². The Bertz CT molecular complexity index is 496. The zero-order valence-electron chi connectivity index (χ0n) is 11.6. The standard InChI is InChI=1S/C14H22N2O3S/c17-20(18,19)12-4-7-15-8-10-16(11-9-15)13-14-5-2-1-3-6-14/h1-3,5-6H,4,7-13H2,(H,17,18,19). The summed E-state index contributed by atoms with van der Waals surface area (Å²) in [4.78, 5) is 4.67. The van der Waals surface area contributed by atoms with Crippen molar-refractivity contribution in [1.82, 2.24) is 9.80 Å². The smallest absolute Gasteiger partial charge is 0.264 e. The van der Waals surface area contributed by atoms with E-state index in [9.17, 15) is 8.42 Å². The fourth-order valence-corrected chi connectivity index (χ4v) is 2.98. The van der Waals surface area contributed by atoms with Gasteiger partial charge in [0.1, 0.15) is 0 Å². The van der Waals surface area contributed by atoms with Gasteiger partial charge in [-0.2, -0.15) is 8.42 Å². The molecule has 1 heterocycles. The van der Waals surface area contributed by atoms with E-state index in [1.165, 1.54) is 5.56 Å². The van der Waals surface area contributed by atoms with Crippen LogP contribution in [-0.2, 0) is 16.7 Å². The van der Waals surface area contributed by atoms with Crippen molar-refractivity contribution in [3.8, 4) is 0 Å². The van der Waals surface area contributed by atoms with Crippen LogP contribution in [0.4, 0.5) is 0 Å². The van der Waals surface area contributed by atoms with Gasteiger partial charge in [-0.15, -0.1) is 0 Å². The Kier molecular flexibility index (Phi) is 5.54. The highest BCUT2D eigenvalue weighted by atomic mass is 32.2. The monoisotopic (exact) mass is 298 g/mol.